The van der Waals surface area contributed by atoms with Gasteiger partial charge in [-0.25, -0.2) is 4.79 Å². The van der Waals surface area contributed by atoms with Crippen LogP contribution in [0.1, 0.15) is 65.7 Å². The first-order valence-electron chi connectivity index (χ1n) is 8.54. The van der Waals surface area contributed by atoms with Crippen LogP contribution in [0.25, 0.3) is 0 Å². The molecule has 4 nitrogen and oxygen atoms in total. The van der Waals surface area contributed by atoms with Gasteiger partial charge in [0.05, 0.1) is 0 Å². The first kappa shape index (κ1) is 16.6. The van der Waals surface area contributed by atoms with Crippen molar-refractivity contribution in [2.75, 3.05) is 19.6 Å². The number of carbonyl (C=O) groups excluding carboxylic acids is 1. The number of carbonyl (C=O) groups is 1. The summed E-state index contributed by atoms with van der Waals surface area (Å²) in [6.07, 6.45) is 8.56. The minimum absolute atomic E-state index is 0.134. The Morgan fingerprint density at radius 2 is 1.95 bits per heavy atom. The molecule has 1 spiro atoms. The molecular weight excluding hydrogens is 264 g/mol. The first-order chi connectivity index (χ1) is 9.86. The zero-order chi connectivity index (χ0) is 15.5. The SMILES string of the molecule is CC(C)(C)OC(=O)N1CCC2(CC2)C(CCCCCN)C1. The topological polar surface area (TPSA) is 55.6 Å². The minimum atomic E-state index is -0.400. The van der Waals surface area contributed by atoms with Crippen LogP contribution in [0.4, 0.5) is 4.79 Å². The average Bonchev–Trinajstić information content (AvgIpc) is 3.15. The summed E-state index contributed by atoms with van der Waals surface area (Å²) in [5.41, 5.74) is 5.72. The normalized spacial score (nSPS) is 24.2. The van der Waals surface area contributed by atoms with Gasteiger partial charge in [0.2, 0.25) is 0 Å². The smallest absolute Gasteiger partial charge is 0.410 e. The molecule has 0 aromatic rings. The molecule has 1 heterocycles. The van der Waals surface area contributed by atoms with E-state index in [0.29, 0.717) is 11.3 Å². The van der Waals surface area contributed by atoms with E-state index >= 15 is 0 Å². The fourth-order valence-electron chi connectivity index (χ4n) is 3.53. The Hall–Kier alpha value is -0.770. The summed E-state index contributed by atoms with van der Waals surface area (Å²) in [5, 5.41) is 0. The summed E-state index contributed by atoms with van der Waals surface area (Å²) in [7, 11) is 0. The van der Waals surface area contributed by atoms with E-state index in [2.05, 4.69) is 0 Å². The van der Waals surface area contributed by atoms with Crippen molar-refractivity contribution in [1.82, 2.24) is 4.90 Å². The van der Waals surface area contributed by atoms with Crippen LogP contribution in [0.5, 0.6) is 0 Å². The lowest BCUT2D eigenvalue weighted by Gasteiger charge is -2.39. The van der Waals surface area contributed by atoms with Crippen LogP contribution in [-0.4, -0.2) is 36.2 Å². The fourth-order valence-corrected chi connectivity index (χ4v) is 3.53. The molecule has 1 aliphatic heterocycles. The highest BCUT2D eigenvalue weighted by Gasteiger charge is 2.51. The van der Waals surface area contributed by atoms with Gasteiger partial charge in [0, 0.05) is 13.1 Å². The molecule has 0 bridgehead atoms. The molecule has 0 radical (unpaired) electrons. The molecule has 2 rings (SSSR count). The van der Waals surface area contributed by atoms with Gasteiger partial charge in [0.1, 0.15) is 5.60 Å². The lowest BCUT2D eigenvalue weighted by atomic mass is 9.79. The summed E-state index contributed by atoms with van der Waals surface area (Å²) in [6, 6.07) is 0. The van der Waals surface area contributed by atoms with Crippen molar-refractivity contribution in [1.29, 1.82) is 0 Å². The molecule has 2 fully saturated rings. The second-order valence-electron chi connectivity index (χ2n) is 7.87. The minimum Gasteiger partial charge on any atom is -0.444 e. The first-order valence-corrected chi connectivity index (χ1v) is 8.54. The predicted octanol–water partition coefficient (Wildman–Crippen LogP) is 3.54. The summed E-state index contributed by atoms with van der Waals surface area (Å²) in [4.78, 5) is 14.2. The van der Waals surface area contributed by atoms with Crippen LogP contribution in [0.3, 0.4) is 0 Å². The molecule has 4 heteroatoms. The van der Waals surface area contributed by atoms with Crippen LogP contribution in [0, 0.1) is 11.3 Å². The number of likely N-dealkylation sites (tertiary alicyclic amines) is 1. The molecule has 1 amide bonds. The number of ether oxygens (including phenoxy) is 1. The van der Waals surface area contributed by atoms with Crippen LogP contribution >= 0.6 is 0 Å². The van der Waals surface area contributed by atoms with Gasteiger partial charge < -0.3 is 15.4 Å². The maximum Gasteiger partial charge on any atom is 0.410 e. The van der Waals surface area contributed by atoms with Crippen LogP contribution in [-0.2, 0) is 4.74 Å². The third-order valence-corrected chi connectivity index (χ3v) is 4.99. The Balaban J connectivity index is 1.85. The second kappa shape index (κ2) is 6.55. The maximum atomic E-state index is 12.3. The maximum absolute atomic E-state index is 12.3. The van der Waals surface area contributed by atoms with Gasteiger partial charge in [-0.3, -0.25) is 0 Å². The number of hydrogen-bond donors (Lipinski definition) is 1. The molecule has 1 atom stereocenters. The highest BCUT2D eigenvalue weighted by Crippen LogP contribution is 2.58. The third-order valence-electron chi connectivity index (χ3n) is 4.99. The van der Waals surface area contributed by atoms with Crippen LogP contribution in [0.15, 0.2) is 0 Å². The Labute approximate surface area is 129 Å². The molecule has 2 aliphatic rings. The van der Waals surface area contributed by atoms with Gasteiger partial charge in [0.25, 0.3) is 0 Å². The van der Waals surface area contributed by atoms with Crippen molar-refractivity contribution in [3.05, 3.63) is 0 Å². The Bertz CT molecular complexity index is 358. The van der Waals surface area contributed by atoms with E-state index in [1.807, 2.05) is 25.7 Å². The van der Waals surface area contributed by atoms with E-state index < -0.39 is 5.60 Å². The van der Waals surface area contributed by atoms with Gasteiger partial charge >= 0.3 is 6.09 Å². The van der Waals surface area contributed by atoms with Gasteiger partial charge in [-0.2, -0.15) is 0 Å². The highest BCUT2D eigenvalue weighted by atomic mass is 16.6. The number of amides is 1. The molecule has 0 aromatic heterocycles. The number of unbranched alkanes of at least 4 members (excludes halogenated alkanes) is 2. The van der Waals surface area contributed by atoms with Gasteiger partial charge in [-0.1, -0.05) is 12.8 Å². The zero-order valence-electron chi connectivity index (χ0n) is 14.0. The largest absolute Gasteiger partial charge is 0.444 e. The van der Waals surface area contributed by atoms with Gasteiger partial charge in [-0.05, 0) is 70.8 Å². The van der Waals surface area contributed by atoms with Gasteiger partial charge in [0.15, 0.2) is 0 Å². The number of nitrogens with two attached hydrogens (primary N) is 1. The summed E-state index contributed by atoms with van der Waals surface area (Å²) < 4.78 is 5.53. The summed E-state index contributed by atoms with van der Waals surface area (Å²) >= 11 is 0. The van der Waals surface area contributed by atoms with Crippen molar-refractivity contribution in [2.24, 2.45) is 17.1 Å². The van der Waals surface area contributed by atoms with E-state index in [0.717, 1.165) is 32.5 Å². The molecule has 0 aromatic carbocycles. The van der Waals surface area contributed by atoms with E-state index in [1.54, 1.807) is 0 Å². The fraction of sp³-hybridized carbons (Fsp3) is 0.941. The second-order valence-corrected chi connectivity index (χ2v) is 7.87. The summed E-state index contributed by atoms with van der Waals surface area (Å²) in [6.45, 7) is 8.34. The molecule has 1 saturated heterocycles. The monoisotopic (exact) mass is 296 g/mol. The van der Waals surface area contributed by atoms with Crippen molar-refractivity contribution < 1.29 is 9.53 Å². The Kier molecular flexibility index (Phi) is 5.18. The number of rotatable bonds is 5. The number of hydrogen-bond acceptors (Lipinski definition) is 3. The van der Waals surface area contributed by atoms with Gasteiger partial charge in [-0.15, -0.1) is 0 Å². The van der Waals surface area contributed by atoms with Crippen LogP contribution in [0.2, 0.25) is 0 Å². The van der Waals surface area contributed by atoms with E-state index in [1.165, 1.54) is 32.1 Å². The molecule has 1 saturated carbocycles. The van der Waals surface area contributed by atoms with E-state index in [9.17, 15) is 4.79 Å². The Morgan fingerprint density at radius 3 is 2.52 bits per heavy atom. The molecule has 2 N–H and O–H groups in total. The predicted molar refractivity (Wildman–Crippen MR) is 85.1 cm³/mol. The number of piperidine rings is 1. The van der Waals surface area contributed by atoms with Crippen molar-refractivity contribution in [2.45, 2.75) is 71.3 Å². The lowest BCUT2D eigenvalue weighted by Crippen LogP contribution is -2.46. The number of nitrogens with zero attached hydrogens (tertiary/aromatic N) is 1. The molecule has 1 aliphatic carbocycles. The van der Waals surface area contributed by atoms with Crippen molar-refractivity contribution in [3.63, 3.8) is 0 Å². The molecule has 1 unspecified atom stereocenters. The lowest BCUT2D eigenvalue weighted by molar-refractivity contribution is 0.00654. The molecular formula is C17H32N2O2. The zero-order valence-corrected chi connectivity index (χ0v) is 14.0. The average molecular weight is 296 g/mol. The highest BCUT2D eigenvalue weighted by molar-refractivity contribution is 5.68. The standard InChI is InChI=1S/C17H32N2O2/c1-16(2,3)21-15(20)19-12-10-17(8-9-17)14(13-19)7-5-4-6-11-18/h14H,4-13,18H2,1-3H3. The molecule has 21 heavy (non-hydrogen) atoms. The quantitative estimate of drug-likeness (QED) is 0.789. The van der Waals surface area contributed by atoms with Crippen molar-refractivity contribution >= 4 is 6.09 Å². The van der Waals surface area contributed by atoms with E-state index in [-0.39, 0.29) is 6.09 Å². The molecule has 122 valence electrons. The summed E-state index contributed by atoms with van der Waals surface area (Å²) in [5.74, 6) is 0.663. The van der Waals surface area contributed by atoms with Crippen LogP contribution < -0.4 is 5.73 Å². The van der Waals surface area contributed by atoms with Crippen molar-refractivity contribution in [3.8, 4) is 0 Å². The van der Waals surface area contributed by atoms with E-state index in [4.69, 9.17) is 10.5 Å². The Morgan fingerprint density at radius 1 is 1.24 bits per heavy atom. The third kappa shape index (κ3) is 4.60.